The summed E-state index contributed by atoms with van der Waals surface area (Å²) in [5.41, 5.74) is 2.77. The summed E-state index contributed by atoms with van der Waals surface area (Å²) in [6, 6.07) is 9.62. The van der Waals surface area contributed by atoms with Crippen LogP contribution in [0.2, 0.25) is 5.15 Å². The van der Waals surface area contributed by atoms with Crippen molar-refractivity contribution < 1.29 is 13.9 Å². The Balaban J connectivity index is 1.26. The van der Waals surface area contributed by atoms with Crippen molar-refractivity contribution in [3.63, 3.8) is 0 Å². The Morgan fingerprint density at radius 2 is 2.00 bits per heavy atom. The average Bonchev–Trinajstić information content (AvgIpc) is 3.48. The fourth-order valence-corrected chi connectivity index (χ4v) is 5.88. The standard InChI is InChI=1S/C26H27ClFN5O2/c1-26(2)34-21-16(7-5-14-4-6-15-11-18(28)24(29-3)32-19(15)10-14)12-20(22(21)35-26)33-9-8-17-23(27)30-13-31-25(17)33/h4,6,8-11,13,16,20-22H,5,7,12H2,1-3H3,(H,29,32)/t16-,20+,21+,22-/m0/s1. The van der Waals surface area contributed by atoms with Gasteiger partial charge in [0.15, 0.2) is 17.4 Å². The minimum atomic E-state index is -0.637. The van der Waals surface area contributed by atoms with Crippen LogP contribution >= 0.6 is 11.6 Å². The molecule has 2 fully saturated rings. The molecule has 1 saturated heterocycles. The van der Waals surface area contributed by atoms with Crippen molar-refractivity contribution in [3.8, 4) is 0 Å². The van der Waals surface area contributed by atoms with Crippen LogP contribution in [0.1, 0.15) is 38.3 Å². The van der Waals surface area contributed by atoms with Crippen LogP contribution in [0.25, 0.3) is 21.9 Å². The number of nitrogens with one attached hydrogen (secondary N) is 1. The second kappa shape index (κ2) is 8.40. The molecule has 9 heteroatoms. The number of pyridine rings is 1. The van der Waals surface area contributed by atoms with Crippen LogP contribution in [-0.2, 0) is 15.9 Å². The maximum absolute atomic E-state index is 14.1. The highest BCUT2D eigenvalue weighted by Crippen LogP contribution is 2.49. The highest BCUT2D eigenvalue weighted by Gasteiger charge is 2.54. The first kappa shape index (κ1) is 22.6. The monoisotopic (exact) mass is 495 g/mol. The van der Waals surface area contributed by atoms with Crippen LogP contribution in [0.4, 0.5) is 10.2 Å². The van der Waals surface area contributed by atoms with Gasteiger partial charge in [0.2, 0.25) is 0 Å². The van der Waals surface area contributed by atoms with Gasteiger partial charge in [-0.05, 0) is 62.8 Å². The van der Waals surface area contributed by atoms with Crippen molar-refractivity contribution in [1.29, 1.82) is 0 Å². The first-order valence-electron chi connectivity index (χ1n) is 11.9. The van der Waals surface area contributed by atoms with E-state index in [0.29, 0.717) is 11.1 Å². The average molecular weight is 496 g/mol. The number of rotatable bonds is 5. The van der Waals surface area contributed by atoms with Crippen molar-refractivity contribution in [3.05, 3.63) is 59.4 Å². The van der Waals surface area contributed by atoms with Crippen molar-refractivity contribution in [2.24, 2.45) is 5.92 Å². The Hall–Kier alpha value is -2.81. The molecule has 4 atom stereocenters. The van der Waals surface area contributed by atoms with Gasteiger partial charge in [-0.15, -0.1) is 0 Å². The zero-order chi connectivity index (χ0) is 24.3. The molecule has 1 aliphatic heterocycles. The van der Waals surface area contributed by atoms with Gasteiger partial charge in [0.25, 0.3) is 0 Å². The molecule has 3 aromatic heterocycles. The molecule has 1 saturated carbocycles. The molecule has 1 aliphatic carbocycles. The molecule has 1 aromatic carbocycles. The lowest BCUT2D eigenvalue weighted by molar-refractivity contribution is -0.160. The van der Waals surface area contributed by atoms with E-state index in [1.165, 1.54) is 18.0 Å². The second-order valence-electron chi connectivity index (χ2n) is 9.89. The quantitative estimate of drug-likeness (QED) is 0.367. The fraction of sp³-hybridized carbons (Fsp3) is 0.423. The van der Waals surface area contributed by atoms with Gasteiger partial charge in [-0.3, -0.25) is 0 Å². The molecule has 0 amide bonds. The lowest BCUT2D eigenvalue weighted by Gasteiger charge is -2.24. The molecule has 7 nitrogen and oxygen atoms in total. The van der Waals surface area contributed by atoms with Crippen LogP contribution in [0.3, 0.4) is 0 Å². The first-order chi connectivity index (χ1) is 16.8. The highest BCUT2D eigenvalue weighted by atomic mass is 35.5. The summed E-state index contributed by atoms with van der Waals surface area (Å²) in [5.74, 6) is -0.410. The Kier molecular flexibility index (Phi) is 5.43. The molecular formula is C26H27ClFN5O2. The number of ether oxygens (including phenoxy) is 2. The number of aryl methyl sites for hydroxylation is 1. The third-order valence-electron chi connectivity index (χ3n) is 7.25. The van der Waals surface area contributed by atoms with Gasteiger partial charge in [-0.2, -0.15) is 0 Å². The Morgan fingerprint density at radius 3 is 2.83 bits per heavy atom. The minimum absolute atomic E-state index is 0.00618. The molecule has 6 rings (SSSR count). The predicted octanol–water partition coefficient (Wildman–Crippen LogP) is 5.53. The summed E-state index contributed by atoms with van der Waals surface area (Å²) in [6.07, 6.45) is 6.17. The van der Waals surface area contributed by atoms with Gasteiger partial charge in [0.05, 0.1) is 23.0 Å². The number of hydrogen-bond donors (Lipinski definition) is 1. The van der Waals surface area contributed by atoms with Crippen molar-refractivity contribution in [2.45, 2.75) is 57.1 Å². The molecule has 35 heavy (non-hydrogen) atoms. The largest absolute Gasteiger partial charge is 0.371 e. The molecule has 1 N–H and O–H groups in total. The van der Waals surface area contributed by atoms with Gasteiger partial charge in [0, 0.05) is 18.6 Å². The van der Waals surface area contributed by atoms with Crippen LogP contribution < -0.4 is 5.32 Å². The van der Waals surface area contributed by atoms with E-state index in [1.54, 1.807) is 7.05 Å². The second-order valence-corrected chi connectivity index (χ2v) is 10.2. The van der Waals surface area contributed by atoms with Gasteiger partial charge in [-0.25, -0.2) is 19.3 Å². The maximum Gasteiger partial charge on any atom is 0.166 e. The van der Waals surface area contributed by atoms with Crippen molar-refractivity contribution in [1.82, 2.24) is 19.5 Å². The van der Waals surface area contributed by atoms with E-state index < -0.39 is 5.79 Å². The van der Waals surface area contributed by atoms with E-state index in [1.807, 2.05) is 38.2 Å². The molecule has 4 heterocycles. The lowest BCUT2D eigenvalue weighted by Crippen LogP contribution is -2.27. The van der Waals surface area contributed by atoms with Crippen LogP contribution in [0.15, 0.2) is 42.9 Å². The van der Waals surface area contributed by atoms with Crippen molar-refractivity contribution in [2.75, 3.05) is 12.4 Å². The van der Waals surface area contributed by atoms with Crippen LogP contribution in [0, 0.1) is 11.7 Å². The lowest BCUT2D eigenvalue weighted by atomic mass is 9.95. The molecule has 0 unspecified atom stereocenters. The predicted molar refractivity (Wildman–Crippen MR) is 133 cm³/mol. The number of benzene rings is 1. The van der Waals surface area contributed by atoms with Gasteiger partial charge in [-0.1, -0.05) is 23.7 Å². The van der Waals surface area contributed by atoms with E-state index in [-0.39, 0.29) is 29.9 Å². The summed E-state index contributed by atoms with van der Waals surface area (Å²) < 4.78 is 29.0. The third-order valence-corrected chi connectivity index (χ3v) is 7.55. The number of hydrogen-bond acceptors (Lipinski definition) is 6. The molecule has 0 spiro atoms. The SMILES string of the molecule is CNc1nc2cc(CC[C@H]3C[C@@H](n4ccc5c(Cl)ncnc54)[C@@H]4OC(C)(C)O[C@H]34)ccc2cc1F. The van der Waals surface area contributed by atoms with Gasteiger partial charge in [0.1, 0.15) is 23.2 Å². The molecule has 2 aliphatic rings. The summed E-state index contributed by atoms with van der Waals surface area (Å²) >= 11 is 6.30. The Bertz CT molecular complexity index is 1420. The van der Waals surface area contributed by atoms with E-state index in [9.17, 15) is 4.39 Å². The zero-order valence-electron chi connectivity index (χ0n) is 19.8. The minimum Gasteiger partial charge on any atom is -0.371 e. The Morgan fingerprint density at radius 1 is 1.17 bits per heavy atom. The van der Waals surface area contributed by atoms with E-state index in [2.05, 4.69) is 30.9 Å². The summed E-state index contributed by atoms with van der Waals surface area (Å²) in [6.45, 7) is 3.94. The number of nitrogens with zero attached hydrogens (tertiary/aromatic N) is 4. The van der Waals surface area contributed by atoms with Gasteiger partial charge >= 0.3 is 0 Å². The topological polar surface area (TPSA) is 74.1 Å². The number of anilines is 1. The van der Waals surface area contributed by atoms with Gasteiger partial charge < -0.3 is 19.4 Å². The summed E-state index contributed by atoms with van der Waals surface area (Å²) in [4.78, 5) is 13.0. The molecule has 0 bridgehead atoms. The Labute approximate surface area is 207 Å². The molecule has 4 aromatic rings. The maximum atomic E-state index is 14.1. The number of aromatic nitrogens is 4. The third kappa shape index (κ3) is 3.93. The van der Waals surface area contributed by atoms with E-state index in [0.717, 1.165) is 41.2 Å². The number of halogens is 2. The fourth-order valence-electron chi connectivity index (χ4n) is 5.69. The first-order valence-corrected chi connectivity index (χ1v) is 12.3. The van der Waals surface area contributed by atoms with Crippen LogP contribution in [-0.4, -0.2) is 44.6 Å². The number of fused-ring (bicyclic) bond motifs is 3. The van der Waals surface area contributed by atoms with Crippen LogP contribution in [0.5, 0.6) is 0 Å². The van der Waals surface area contributed by atoms with E-state index in [4.69, 9.17) is 21.1 Å². The summed E-state index contributed by atoms with van der Waals surface area (Å²) in [5, 5.41) is 4.90. The highest BCUT2D eigenvalue weighted by molar-refractivity contribution is 6.33. The molecule has 0 radical (unpaired) electrons. The van der Waals surface area contributed by atoms with E-state index >= 15 is 0 Å². The summed E-state index contributed by atoms with van der Waals surface area (Å²) in [7, 11) is 1.67. The molecule has 182 valence electrons. The van der Waals surface area contributed by atoms with Crippen molar-refractivity contribution >= 4 is 39.4 Å². The molecular weight excluding hydrogens is 469 g/mol. The zero-order valence-corrected chi connectivity index (χ0v) is 20.6. The smallest absolute Gasteiger partial charge is 0.166 e. The normalized spacial score (nSPS) is 25.4.